The van der Waals surface area contributed by atoms with Crippen LogP contribution in [-0.4, -0.2) is 85.9 Å². The highest BCUT2D eigenvalue weighted by atomic mass is 15.6. The second kappa shape index (κ2) is 9.13. The first kappa shape index (κ1) is 20.2. The van der Waals surface area contributed by atoms with E-state index in [1.165, 1.54) is 57.7 Å². The molecule has 8 nitrogen and oxygen atoms in total. The van der Waals surface area contributed by atoms with Crippen LogP contribution in [0.4, 0.5) is 5.69 Å². The molecular weight excluding hydrogens is 364 g/mol. The number of nitrogens with zero attached hydrogens (tertiary/aromatic N) is 5. The van der Waals surface area contributed by atoms with Crippen molar-refractivity contribution in [2.45, 2.75) is 25.2 Å². The SMILES string of the molecule is CN1CCN(C2CCN(CC=Cc3ccc(N4C(N)=NNC4N)cc3)CC2)CC1. The first-order chi connectivity index (χ1) is 14.1. The summed E-state index contributed by atoms with van der Waals surface area (Å²) in [5, 5.41) is 3.96. The standard InChI is InChI=1S/C21H34N8/c1-26-13-15-28(16-14-26)18-8-11-27(12-9-18)10-2-3-17-4-6-19(7-5-17)29-20(22)24-25-21(29)23/h2-7,18,20,24H,8-16,22H2,1H3,(H2,23,25). The lowest BCUT2D eigenvalue weighted by atomic mass is 10.0. The fourth-order valence-electron chi connectivity index (χ4n) is 4.42. The van der Waals surface area contributed by atoms with Gasteiger partial charge in [-0.25, -0.2) is 0 Å². The summed E-state index contributed by atoms with van der Waals surface area (Å²) in [5.74, 6) is 0.390. The van der Waals surface area contributed by atoms with Gasteiger partial charge in [-0.1, -0.05) is 24.3 Å². The van der Waals surface area contributed by atoms with Crippen LogP contribution in [0.15, 0.2) is 35.4 Å². The molecule has 8 heteroatoms. The number of anilines is 1. The zero-order chi connectivity index (χ0) is 20.2. The maximum absolute atomic E-state index is 5.96. The predicted molar refractivity (Wildman–Crippen MR) is 119 cm³/mol. The van der Waals surface area contributed by atoms with Gasteiger partial charge in [-0.15, -0.1) is 5.10 Å². The third-order valence-electron chi connectivity index (χ3n) is 6.29. The molecule has 1 aromatic carbocycles. The summed E-state index contributed by atoms with van der Waals surface area (Å²) in [7, 11) is 2.22. The number of hydrazone groups is 1. The van der Waals surface area contributed by atoms with Gasteiger partial charge in [-0.3, -0.25) is 25.9 Å². The van der Waals surface area contributed by atoms with Gasteiger partial charge in [0.2, 0.25) is 5.96 Å². The van der Waals surface area contributed by atoms with Crippen molar-refractivity contribution in [3.63, 3.8) is 0 Å². The van der Waals surface area contributed by atoms with E-state index in [4.69, 9.17) is 11.5 Å². The van der Waals surface area contributed by atoms with Crippen LogP contribution in [0, 0.1) is 0 Å². The molecule has 0 bridgehead atoms. The average molecular weight is 399 g/mol. The number of likely N-dealkylation sites (tertiary alicyclic amines) is 1. The number of piperidine rings is 1. The smallest absolute Gasteiger partial charge is 0.221 e. The van der Waals surface area contributed by atoms with E-state index in [9.17, 15) is 0 Å². The zero-order valence-electron chi connectivity index (χ0n) is 17.4. The van der Waals surface area contributed by atoms with E-state index in [-0.39, 0.29) is 0 Å². The van der Waals surface area contributed by atoms with Crippen molar-refractivity contribution in [3.8, 4) is 0 Å². The number of nitrogens with one attached hydrogen (secondary N) is 1. The average Bonchev–Trinajstić information content (AvgIpc) is 3.08. The van der Waals surface area contributed by atoms with Gasteiger partial charge in [-0.2, -0.15) is 0 Å². The van der Waals surface area contributed by atoms with Crippen molar-refractivity contribution in [3.05, 3.63) is 35.9 Å². The topological polar surface area (TPSA) is 89.4 Å². The molecule has 3 aliphatic heterocycles. The highest BCUT2D eigenvalue weighted by Gasteiger charge is 2.26. The Bertz CT molecular complexity index is 715. The Labute approximate surface area is 173 Å². The minimum absolute atomic E-state index is 0.390. The molecule has 3 heterocycles. The molecule has 1 unspecified atom stereocenters. The molecule has 0 aromatic heterocycles. The molecule has 0 amide bonds. The molecule has 0 radical (unpaired) electrons. The largest absolute Gasteiger partial charge is 0.368 e. The van der Waals surface area contributed by atoms with Crippen LogP contribution in [0.25, 0.3) is 6.08 Å². The molecule has 3 aliphatic rings. The van der Waals surface area contributed by atoms with Crippen molar-refractivity contribution in [1.29, 1.82) is 0 Å². The molecule has 5 N–H and O–H groups in total. The Morgan fingerprint density at radius 3 is 2.38 bits per heavy atom. The highest BCUT2D eigenvalue weighted by Crippen LogP contribution is 2.20. The predicted octanol–water partition coefficient (Wildman–Crippen LogP) is 0.293. The normalized spacial score (nSPS) is 25.5. The monoisotopic (exact) mass is 398 g/mol. The maximum Gasteiger partial charge on any atom is 0.221 e. The lowest BCUT2D eigenvalue weighted by Gasteiger charge is -2.41. The highest BCUT2D eigenvalue weighted by molar-refractivity contribution is 5.96. The molecule has 1 aromatic rings. The Balaban J connectivity index is 1.22. The van der Waals surface area contributed by atoms with E-state index in [2.05, 4.69) is 56.6 Å². The number of likely N-dealkylation sites (N-methyl/N-ethyl adjacent to an activating group) is 1. The van der Waals surface area contributed by atoms with Crippen LogP contribution < -0.4 is 21.8 Å². The second-order valence-electron chi connectivity index (χ2n) is 8.28. The first-order valence-corrected chi connectivity index (χ1v) is 10.7. The number of piperazine rings is 1. The van der Waals surface area contributed by atoms with Crippen LogP contribution in [-0.2, 0) is 0 Å². The molecule has 2 fully saturated rings. The molecule has 29 heavy (non-hydrogen) atoms. The summed E-state index contributed by atoms with van der Waals surface area (Å²) in [4.78, 5) is 9.47. The van der Waals surface area contributed by atoms with Crippen molar-refractivity contribution >= 4 is 17.7 Å². The minimum atomic E-state index is -0.412. The van der Waals surface area contributed by atoms with Crippen LogP contribution in [0.2, 0.25) is 0 Å². The maximum atomic E-state index is 5.96. The van der Waals surface area contributed by atoms with E-state index in [0.29, 0.717) is 5.96 Å². The molecule has 0 saturated carbocycles. The van der Waals surface area contributed by atoms with E-state index in [0.717, 1.165) is 18.3 Å². The summed E-state index contributed by atoms with van der Waals surface area (Å²) in [6.07, 6.45) is 6.63. The minimum Gasteiger partial charge on any atom is -0.368 e. The third-order valence-corrected chi connectivity index (χ3v) is 6.29. The van der Waals surface area contributed by atoms with Gasteiger partial charge in [0.05, 0.1) is 0 Å². The number of guanidine groups is 1. The van der Waals surface area contributed by atoms with Crippen molar-refractivity contribution in [2.75, 3.05) is 57.8 Å². The Morgan fingerprint density at radius 1 is 1.07 bits per heavy atom. The molecule has 1 atom stereocenters. The summed E-state index contributed by atoms with van der Waals surface area (Å²) in [6, 6.07) is 9.00. The van der Waals surface area contributed by atoms with E-state index < -0.39 is 6.29 Å². The third kappa shape index (κ3) is 4.90. The Morgan fingerprint density at radius 2 is 1.76 bits per heavy atom. The first-order valence-electron chi connectivity index (χ1n) is 10.7. The summed E-state index contributed by atoms with van der Waals surface area (Å²) >= 11 is 0. The van der Waals surface area contributed by atoms with Gasteiger partial charge in [0.1, 0.15) is 0 Å². The summed E-state index contributed by atoms with van der Waals surface area (Å²) < 4.78 is 0. The molecule has 4 rings (SSSR count). The fraction of sp³-hybridized carbons (Fsp3) is 0.571. The quantitative estimate of drug-likeness (QED) is 0.657. The van der Waals surface area contributed by atoms with Gasteiger partial charge in [0.25, 0.3) is 0 Å². The number of hydrogen-bond acceptors (Lipinski definition) is 8. The van der Waals surface area contributed by atoms with Crippen molar-refractivity contribution in [1.82, 2.24) is 20.1 Å². The Hall–Kier alpha value is -2.13. The lowest BCUT2D eigenvalue weighted by molar-refractivity contribution is 0.0709. The number of rotatable bonds is 5. The van der Waals surface area contributed by atoms with Crippen LogP contribution in [0.1, 0.15) is 18.4 Å². The Kier molecular flexibility index (Phi) is 6.34. The zero-order valence-corrected chi connectivity index (χ0v) is 17.4. The molecule has 0 spiro atoms. The van der Waals surface area contributed by atoms with Gasteiger partial charge >= 0.3 is 0 Å². The number of benzene rings is 1. The van der Waals surface area contributed by atoms with Gasteiger partial charge in [0.15, 0.2) is 6.29 Å². The van der Waals surface area contributed by atoms with E-state index in [1.54, 1.807) is 4.90 Å². The van der Waals surface area contributed by atoms with Crippen molar-refractivity contribution in [2.24, 2.45) is 16.6 Å². The molecule has 2 saturated heterocycles. The van der Waals surface area contributed by atoms with E-state index in [1.807, 2.05) is 12.1 Å². The van der Waals surface area contributed by atoms with Gasteiger partial charge in [0, 0.05) is 44.5 Å². The number of nitrogens with two attached hydrogens (primary N) is 2. The lowest BCUT2D eigenvalue weighted by Crippen LogP contribution is -2.52. The van der Waals surface area contributed by atoms with Gasteiger partial charge in [-0.05, 0) is 50.7 Å². The molecular formula is C21H34N8. The second-order valence-corrected chi connectivity index (χ2v) is 8.28. The van der Waals surface area contributed by atoms with Crippen molar-refractivity contribution < 1.29 is 0 Å². The fourth-order valence-corrected chi connectivity index (χ4v) is 4.42. The molecule has 158 valence electrons. The van der Waals surface area contributed by atoms with Crippen LogP contribution in [0.3, 0.4) is 0 Å². The summed E-state index contributed by atoms with van der Waals surface area (Å²) in [5.41, 5.74) is 16.7. The van der Waals surface area contributed by atoms with Crippen LogP contribution >= 0.6 is 0 Å². The van der Waals surface area contributed by atoms with E-state index >= 15 is 0 Å². The summed E-state index contributed by atoms with van der Waals surface area (Å²) in [6.45, 7) is 8.28. The number of hydrogen-bond donors (Lipinski definition) is 3. The van der Waals surface area contributed by atoms with Crippen LogP contribution in [0.5, 0.6) is 0 Å². The van der Waals surface area contributed by atoms with Gasteiger partial charge < -0.3 is 10.6 Å². The molecule has 0 aliphatic carbocycles.